The van der Waals surface area contributed by atoms with Crippen LogP contribution in [0.25, 0.3) is 0 Å². The molecular formula is C12H23N3O. The summed E-state index contributed by atoms with van der Waals surface area (Å²) in [6, 6.07) is 0.520. The second-order valence-corrected chi connectivity index (χ2v) is 5.49. The molecule has 1 saturated carbocycles. The van der Waals surface area contributed by atoms with Crippen LogP contribution < -0.4 is 5.73 Å². The van der Waals surface area contributed by atoms with Gasteiger partial charge in [-0.3, -0.25) is 9.69 Å². The van der Waals surface area contributed by atoms with Gasteiger partial charge in [0.25, 0.3) is 0 Å². The number of hydrogen-bond donors (Lipinski definition) is 1. The number of carbonyl (C=O) groups excluding carboxylic acids is 1. The van der Waals surface area contributed by atoms with E-state index in [0.29, 0.717) is 12.6 Å². The Balaban J connectivity index is 1.70. The van der Waals surface area contributed by atoms with Crippen LogP contribution in [0.5, 0.6) is 0 Å². The Morgan fingerprint density at radius 2 is 2.12 bits per heavy atom. The molecule has 0 aromatic carbocycles. The maximum absolute atomic E-state index is 11.8. The minimum Gasteiger partial charge on any atom is -0.342 e. The molecule has 4 heteroatoms. The molecule has 1 saturated heterocycles. The summed E-state index contributed by atoms with van der Waals surface area (Å²) < 4.78 is 0. The molecule has 2 rings (SSSR count). The van der Waals surface area contributed by atoms with Crippen molar-refractivity contribution in [1.82, 2.24) is 9.80 Å². The van der Waals surface area contributed by atoms with E-state index >= 15 is 0 Å². The molecule has 4 nitrogen and oxygen atoms in total. The van der Waals surface area contributed by atoms with E-state index in [9.17, 15) is 4.79 Å². The van der Waals surface area contributed by atoms with E-state index in [-0.39, 0.29) is 11.4 Å². The highest BCUT2D eigenvalue weighted by Gasteiger charge is 2.40. The fourth-order valence-electron chi connectivity index (χ4n) is 2.58. The molecule has 0 atom stereocenters. The molecule has 0 radical (unpaired) electrons. The number of likely N-dealkylation sites (N-methyl/N-ethyl adjacent to an activating group) is 1. The first kappa shape index (κ1) is 11.9. The maximum Gasteiger partial charge on any atom is 0.236 e. The van der Waals surface area contributed by atoms with Crippen molar-refractivity contribution in [2.45, 2.75) is 44.2 Å². The second-order valence-electron chi connectivity index (χ2n) is 5.49. The third-order valence-corrected chi connectivity index (χ3v) is 3.67. The molecule has 0 bridgehead atoms. The summed E-state index contributed by atoms with van der Waals surface area (Å²) in [5.74, 6) is 0.251. The van der Waals surface area contributed by atoms with Crippen LogP contribution >= 0.6 is 0 Å². The Kier molecular flexibility index (Phi) is 3.22. The number of carbonyl (C=O) groups is 1. The molecule has 1 aliphatic carbocycles. The van der Waals surface area contributed by atoms with Crippen LogP contribution in [0.1, 0.15) is 32.6 Å². The quantitative estimate of drug-likeness (QED) is 0.738. The van der Waals surface area contributed by atoms with Crippen LogP contribution in [0.4, 0.5) is 0 Å². The lowest BCUT2D eigenvalue weighted by Crippen LogP contribution is -2.68. The lowest BCUT2D eigenvalue weighted by molar-refractivity contribution is -0.133. The van der Waals surface area contributed by atoms with E-state index in [4.69, 9.17) is 5.73 Å². The van der Waals surface area contributed by atoms with Crippen LogP contribution in [-0.2, 0) is 4.79 Å². The van der Waals surface area contributed by atoms with Gasteiger partial charge in [-0.1, -0.05) is 13.3 Å². The summed E-state index contributed by atoms with van der Waals surface area (Å²) >= 11 is 0. The van der Waals surface area contributed by atoms with Gasteiger partial charge in [0, 0.05) is 31.7 Å². The van der Waals surface area contributed by atoms with Gasteiger partial charge in [-0.05, 0) is 19.3 Å². The normalized spacial score (nSPS) is 23.9. The Morgan fingerprint density at radius 1 is 1.50 bits per heavy atom. The van der Waals surface area contributed by atoms with Gasteiger partial charge in [0.05, 0.1) is 6.54 Å². The summed E-state index contributed by atoms with van der Waals surface area (Å²) in [6.07, 6.45) is 4.55. The van der Waals surface area contributed by atoms with Crippen molar-refractivity contribution in [3.63, 3.8) is 0 Å². The van der Waals surface area contributed by atoms with Gasteiger partial charge in [-0.25, -0.2) is 0 Å². The van der Waals surface area contributed by atoms with Crippen molar-refractivity contribution in [3.8, 4) is 0 Å². The third kappa shape index (κ3) is 2.55. The molecule has 2 N–H and O–H groups in total. The number of rotatable bonds is 5. The summed E-state index contributed by atoms with van der Waals surface area (Å²) in [5.41, 5.74) is 6.14. The van der Waals surface area contributed by atoms with Crippen molar-refractivity contribution in [1.29, 1.82) is 0 Å². The van der Waals surface area contributed by atoms with Crippen LogP contribution in [0.3, 0.4) is 0 Å². The maximum atomic E-state index is 11.8. The molecule has 0 unspecified atom stereocenters. The first-order valence-corrected chi connectivity index (χ1v) is 6.31. The van der Waals surface area contributed by atoms with E-state index in [1.807, 2.05) is 11.9 Å². The zero-order valence-corrected chi connectivity index (χ0v) is 10.4. The molecular weight excluding hydrogens is 202 g/mol. The van der Waals surface area contributed by atoms with E-state index in [1.165, 1.54) is 12.8 Å². The fraction of sp³-hybridized carbons (Fsp3) is 0.917. The van der Waals surface area contributed by atoms with Crippen molar-refractivity contribution in [2.75, 3.05) is 26.7 Å². The number of hydrogen-bond acceptors (Lipinski definition) is 3. The average molecular weight is 225 g/mol. The Labute approximate surface area is 97.8 Å². The number of amides is 1. The third-order valence-electron chi connectivity index (χ3n) is 3.67. The van der Waals surface area contributed by atoms with Crippen molar-refractivity contribution in [2.24, 2.45) is 5.73 Å². The molecule has 2 aliphatic rings. The average Bonchev–Trinajstić information content (AvgIpc) is 2.97. The first-order valence-electron chi connectivity index (χ1n) is 6.31. The largest absolute Gasteiger partial charge is 0.342 e. The predicted molar refractivity (Wildman–Crippen MR) is 64.1 cm³/mol. The van der Waals surface area contributed by atoms with Gasteiger partial charge >= 0.3 is 0 Å². The minimum absolute atomic E-state index is 0.0207. The lowest BCUT2D eigenvalue weighted by Gasteiger charge is -2.47. The molecule has 0 aromatic rings. The summed E-state index contributed by atoms with van der Waals surface area (Å²) in [7, 11) is 1.92. The molecule has 16 heavy (non-hydrogen) atoms. The van der Waals surface area contributed by atoms with E-state index < -0.39 is 0 Å². The highest BCUT2D eigenvalue weighted by atomic mass is 16.2. The van der Waals surface area contributed by atoms with Crippen molar-refractivity contribution >= 4 is 5.91 Å². The van der Waals surface area contributed by atoms with Gasteiger partial charge in [-0.2, -0.15) is 0 Å². The van der Waals surface area contributed by atoms with Crippen LogP contribution in [0.2, 0.25) is 0 Å². The number of likely N-dealkylation sites (tertiary alicyclic amines) is 1. The van der Waals surface area contributed by atoms with Crippen LogP contribution in [-0.4, -0.2) is 54.0 Å². The molecule has 1 aliphatic heterocycles. The van der Waals surface area contributed by atoms with Crippen molar-refractivity contribution < 1.29 is 4.79 Å². The Bertz CT molecular complexity index is 269. The van der Waals surface area contributed by atoms with E-state index in [1.54, 1.807) is 0 Å². The SMILES string of the molecule is CCCC1(N)CN(CC(=O)N(C)C2CC2)C1. The van der Waals surface area contributed by atoms with Crippen LogP contribution in [0.15, 0.2) is 0 Å². The highest BCUT2D eigenvalue weighted by molar-refractivity contribution is 5.78. The standard InChI is InChI=1S/C12H23N3O/c1-3-6-12(13)8-15(9-12)7-11(16)14(2)10-4-5-10/h10H,3-9,13H2,1-2H3. The zero-order valence-electron chi connectivity index (χ0n) is 10.4. The highest BCUT2D eigenvalue weighted by Crippen LogP contribution is 2.27. The molecule has 1 heterocycles. The topological polar surface area (TPSA) is 49.6 Å². The van der Waals surface area contributed by atoms with E-state index in [0.717, 1.165) is 25.9 Å². The zero-order chi connectivity index (χ0) is 11.8. The van der Waals surface area contributed by atoms with Gasteiger partial charge < -0.3 is 10.6 Å². The Morgan fingerprint density at radius 3 is 2.62 bits per heavy atom. The second kappa shape index (κ2) is 4.34. The number of nitrogens with zero attached hydrogens (tertiary/aromatic N) is 2. The van der Waals surface area contributed by atoms with Crippen LogP contribution in [0, 0.1) is 0 Å². The minimum atomic E-state index is -0.0207. The summed E-state index contributed by atoms with van der Waals surface area (Å²) in [6.45, 7) is 4.47. The molecule has 92 valence electrons. The Hall–Kier alpha value is -0.610. The monoisotopic (exact) mass is 225 g/mol. The van der Waals surface area contributed by atoms with Gasteiger partial charge in [0.2, 0.25) is 5.91 Å². The van der Waals surface area contributed by atoms with E-state index in [2.05, 4.69) is 11.8 Å². The lowest BCUT2D eigenvalue weighted by atomic mass is 9.86. The molecule has 2 fully saturated rings. The molecule has 0 aromatic heterocycles. The predicted octanol–water partition coefficient (Wildman–Crippen LogP) is 0.420. The van der Waals surface area contributed by atoms with Gasteiger partial charge in [0.1, 0.15) is 0 Å². The molecule has 0 spiro atoms. The van der Waals surface area contributed by atoms with Gasteiger partial charge in [-0.15, -0.1) is 0 Å². The summed E-state index contributed by atoms with van der Waals surface area (Å²) in [5, 5.41) is 0. The van der Waals surface area contributed by atoms with Gasteiger partial charge in [0.15, 0.2) is 0 Å². The van der Waals surface area contributed by atoms with Crippen molar-refractivity contribution in [3.05, 3.63) is 0 Å². The first-order chi connectivity index (χ1) is 7.54. The molecule has 1 amide bonds. The smallest absolute Gasteiger partial charge is 0.236 e. The number of nitrogens with two attached hydrogens (primary N) is 1. The summed E-state index contributed by atoms with van der Waals surface area (Å²) in [4.78, 5) is 15.9. The fourth-order valence-corrected chi connectivity index (χ4v) is 2.58.